The highest BCUT2D eigenvalue weighted by atomic mass is 14.3. The standard InChI is InChI=1S/C28H30/c1-20-9-13-22(14-10-20)23-15-11-21(12-16-23)19-25-17-18-27(24-5-2-3-6-24)28-8-4-7-26(25)28/h2,4-8,11-12,15-18,20,22,28H,3,9-10,13-14,19H2,1H3. The lowest BCUT2D eigenvalue weighted by molar-refractivity contribution is 0.348. The first kappa shape index (κ1) is 17.7. The number of hydrogen-bond acceptors (Lipinski definition) is 0. The molecule has 0 nitrogen and oxygen atoms in total. The molecular formula is C28H30. The second kappa shape index (κ2) is 7.59. The van der Waals surface area contributed by atoms with Crippen molar-refractivity contribution in [2.75, 3.05) is 0 Å². The molecule has 1 unspecified atom stereocenters. The third-order valence-corrected chi connectivity index (χ3v) is 7.05. The quantitative estimate of drug-likeness (QED) is 0.521. The van der Waals surface area contributed by atoms with E-state index in [1.165, 1.54) is 53.5 Å². The van der Waals surface area contributed by atoms with Gasteiger partial charge in [-0.05, 0) is 70.9 Å². The third-order valence-electron chi connectivity index (χ3n) is 7.05. The van der Waals surface area contributed by atoms with Crippen LogP contribution in [0.2, 0.25) is 0 Å². The summed E-state index contributed by atoms with van der Waals surface area (Å²) in [5.41, 5.74) is 8.81. The maximum absolute atomic E-state index is 2.40. The molecule has 0 heterocycles. The Balaban J connectivity index is 1.33. The highest BCUT2D eigenvalue weighted by Crippen LogP contribution is 2.41. The Hall–Kier alpha value is -2.34. The fraction of sp³-hybridized carbons (Fsp3) is 0.357. The van der Waals surface area contributed by atoms with Gasteiger partial charge < -0.3 is 0 Å². The Morgan fingerprint density at radius 1 is 0.893 bits per heavy atom. The van der Waals surface area contributed by atoms with E-state index in [1.807, 2.05) is 0 Å². The van der Waals surface area contributed by atoms with E-state index in [0.29, 0.717) is 5.92 Å². The molecule has 1 atom stereocenters. The normalized spacial score (nSPS) is 28.5. The van der Waals surface area contributed by atoms with Gasteiger partial charge in [0, 0.05) is 5.92 Å². The predicted octanol–water partition coefficient (Wildman–Crippen LogP) is 7.39. The molecule has 0 N–H and O–H groups in total. The summed E-state index contributed by atoms with van der Waals surface area (Å²) in [6.45, 7) is 2.40. The first-order chi connectivity index (χ1) is 13.8. The minimum atomic E-state index is 0.442. The molecule has 0 bridgehead atoms. The van der Waals surface area contributed by atoms with Crippen LogP contribution in [-0.2, 0) is 6.42 Å². The van der Waals surface area contributed by atoms with Crippen LogP contribution in [0.5, 0.6) is 0 Å². The number of rotatable bonds is 4. The van der Waals surface area contributed by atoms with E-state index in [2.05, 4.69) is 79.8 Å². The van der Waals surface area contributed by atoms with E-state index < -0.39 is 0 Å². The molecule has 0 spiro atoms. The van der Waals surface area contributed by atoms with E-state index in [-0.39, 0.29) is 0 Å². The summed E-state index contributed by atoms with van der Waals surface area (Å²) < 4.78 is 0. The topological polar surface area (TPSA) is 0 Å². The zero-order valence-corrected chi connectivity index (χ0v) is 16.9. The average Bonchev–Trinajstić information content (AvgIpc) is 3.42. The minimum absolute atomic E-state index is 0.442. The van der Waals surface area contributed by atoms with E-state index >= 15 is 0 Å². The van der Waals surface area contributed by atoms with Crippen LogP contribution in [0.1, 0.15) is 56.1 Å². The van der Waals surface area contributed by atoms with Crippen LogP contribution in [0.25, 0.3) is 0 Å². The molecule has 4 aliphatic rings. The lowest BCUT2D eigenvalue weighted by Crippen LogP contribution is -2.12. The molecule has 0 aliphatic heterocycles. The van der Waals surface area contributed by atoms with E-state index in [0.717, 1.165) is 24.7 Å². The van der Waals surface area contributed by atoms with Gasteiger partial charge in [0.15, 0.2) is 0 Å². The van der Waals surface area contributed by atoms with E-state index in [1.54, 1.807) is 5.56 Å². The van der Waals surface area contributed by atoms with Gasteiger partial charge in [0.1, 0.15) is 0 Å². The van der Waals surface area contributed by atoms with E-state index in [9.17, 15) is 0 Å². The second-order valence-electron chi connectivity index (χ2n) is 8.97. The van der Waals surface area contributed by atoms with Crippen molar-refractivity contribution in [1.29, 1.82) is 0 Å². The van der Waals surface area contributed by atoms with Crippen molar-refractivity contribution in [1.82, 2.24) is 0 Å². The van der Waals surface area contributed by atoms with Crippen LogP contribution < -0.4 is 0 Å². The van der Waals surface area contributed by atoms with Gasteiger partial charge in [-0.3, -0.25) is 0 Å². The Bertz CT molecular complexity index is 919. The van der Waals surface area contributed by atoms with Crippen molar-refractivity contribution in [2.24, 2.45) is 11.8 Å². The third kappa shape index (κ3) is 3.41. The van der Waals surface area contributed by atoms with Crippen LogP contribution >= 0.6 is 0 Å². The van der Waals surface area contributed by atoms with Crippen LogP contribution in [0.3, 0.4) is 0 Å². The molecule has 142 valence electrons. The van der Waals surface area contributed by atoms with Gasteiger partial charge in [0.05, 0.1) is 0 Å². The van der Waals surface area contributed by atoms with Crippen LogP contribution in [0, 0.1) is 11.8 Å². The molecule has 1 saturated carbocycles. The predicted molar refractivity (Wildman–Crippen MR) is 119 cm³/mol. The molecule has 1 fully saturated rings. The van der Waals surface area contributed by atoms with Crippen molar-refractivity contribution in [3.63, 3.8) is 0 Å². The van der Waals surface area contributed by atoms with Crippen molar-refractivity contribution >= 4 is 0 Å². The monoisotopic (exact) mass is 366 g/mol. The molecule has 1 aromatic carbocycles. The van der Waals surface area contributed by atoms with Gasteiger partial charge in [-0.15, -0.1) is 0 Å². The minimum Gasteiger partial charge on any atom is -0.0801 e. The summed E-state index contributed by atoms with van der Waals surface area (Å²) in [5.74, 6) is 2.14. The lowest BCUT2D eigenvalue weighted by Gasteiger charge is -2.27. The van der Waals surface area contributed by atoms with Gasteiger partial charge in [0.25, 0.3) is 0 Å². The molecule has 0 amide bonds. The fourth-order valence-electron chi connectivity index (χ4n) is 5.28. The largest absolute Gasteiger partial charge is 0.0801 e. The smallest absolute Gasteiger partial charge is 0.0281 e. The summed E-state index contributed by atoms with van der Waals surface area (Å²) in [7, 11) is 0. The Labute approximate surface area is 169 Å². The summed E-state index contributed by atoms with van der Waals surface area (Å²) in [4.78, 5) is 0. The molecule has 0 saturated heterocycles. The van der Waals surface area contributed by atoms with Crippen molar-refractivity contribution < 1.29 is 0 Å². The number of benzene rings is 1. The Kier molecular flexibility index (Phi) is 4.81. The molecular weight excluding hydrogens is 336 g/mol. The van der Waals surface area contributed by atoms with Gasteiger partial charge >= 0.3 is 0 Å². The molecule has 0 heteroatoms. The summed E-state index contributed by atoms with van der Waals surface area (Å²) >= 11 is 0. The SMILES string of the molecule is CC1CCC(c2ccc(CC3=CC=C(C4=CCC=C4)C4C=CC=C34)cc2)CC1. The highest BCUT2D eigenvalue weighted by molar-refractivity contribution is 5.61. The summed E-state index contributed by atoms with van der Waals surface area (Å²) in [6.07, 6.45) is 26.1. The average molecular weight is 367 g/mol. The summed E-state index contributed by atoms with van der Waals surface area (Å²) in [6, 6.07) is 9.53. The molecule has 1 aromatic rings. The zero-order valence-electron chi connectivity index (χ0n) is 16.9. The van der Waals surface area contributed by atoms with Crippen molar-refractivity contribution in [3.8, 4) is 0 Å². The Morgan fingerprint density at radius 2 is 1.71 bits per heavy atom. The maximum Gasteiger partial charge on any atom is 0.0281 e. The lowest BCUT2D eigenvalue weighted by atomic mass is 9.78. The van der Waals surface area contributed by atoms with Crippen molar-refractivity contribution in [3.05, 3.63) is 106 Å². The molecule has 0 aromatic heterocycles. The zero-order chi connectivity index (χ0) is 18.9. The molecule has 0 radical (unpaired) electrons. The van der Waals surface area contributed by atoms with Crippen LogP contribution in [-0.4, -0.2) is 0 Å². The molecule has 4 aliphatic carbocycles. The molecule has 5 rings (SSSR count). The van der Waals surface area contributed by atoms with Gasteiger partial charge in [-0.25, -0.2) is 0 Å². The van der Waals surface area contributed by atoms with E-state index in [4.69, 9.17) is 0 Å². The molecule has 28 heavy (non-hydrogen) atoms. The summed E-state index contributed by atoms with van der Waals surface area (Å²) in [5, 5.41) is 0. The first-order valence-corrected chi connectivity index (χ1v) is 11.0. The number of hydrogen-bond donors (Lipinski definition) is 0. The number of allylic oxidation sites excluding steroid dienone is 12. The van der Waals surface area contributed by atoms with Gasteiger partial charge in [-0.2, -0.15) is 0 Å². The Morgan fingerprint density at radius 3 is 2.46 bits per heavy atom. The maximum atomic E-state index is 2.40. The second-order valence-corrected chi connectivity index (χ2v) is 8.97. The van der Waals surface area contributed by atoms with Gasteiger partial charge in [-0.1, -0.05) is 92.6 Å². The van der Waals surface area contributed by atoms with Crippen LogP contribution in [0.15, 0.2) is 95.2 Å². The van der Waals surface area contributed by atoms with Crippen molar-refractivity contribution in [2.45, 2.75) is 51.4 Å². The van der Waals surface area contributed by atoms with Gasteiger partial charge in [0.2, 0.25) is 0 Å². The fourth-order valence-corrected chi connectivity index (χ4v) is 5.28. The van der Waals surface area contributed by atoms with Crippen LogP contribution in [0.4, 0.5) is 0 Å². The highest BCUT2D eigenvalue weighted by Gasteiger charge is 2.26. The number of fused-ring (bicyclic) bond motifs is 1. The first-order valence-electron chi connectivity index (χ1n) is 11.0.